The lowest BCUT2D eigenvalue weighted by Crippen LogP contribution is -2.10. The first-order valence-electron chi connectivity index (χ1n) is 6.62. The monoisotopic (exact) mass is 377 g/mol. The van der Waals surface area contributed by atoms with E-state index in [-0.39, 0.29) is 5.69 Å². The van der Waals surface area contributed by atoms with Crippen LogP contribution in [0.4, 0.5) is 26.3 Å². The van der Waals surface area contributed by atoms with Gasteiger partial charge in [0.2, 0.25) is 5.28 Å². The molecule has 3 rings (SSSR count). The van der Waals surface area contributed by atoms with Gasteiger partial charge >= 0.3 is 6.18 Å². The van der Waals surface area contributed by atoms with Gasteiger partial charge in [-0.1, -0.05) is 6.07 Å². The molecule has 0 saturated carbocycles. The summed E-state index contributed by atoms with van der Waals surface area (Å²) in [6, 6.07) is 5.09. The van der Waals surface area contributed by atoms with E-state index >= 15 is 0 Å². The van der Waals surface area contributed by atoms with Gasteiger partial charge in [-0.15, -0.1) is 5.10 Å². The van der Waals surface area contributed by atoms with Gasteiger partial charge in [0.05, 0.1) is 16.8 Å². The molecule has 10 heteroatoms. The lowest BCUT2D eigenvalue weighted by Gasteiger charge is -2.10. The van der Waals surface area contributed by atoms with Gasteiger partial charge in [-0.2, -0.15) is 18.2 Å². The normalized spacial score (nSPS) is 11.8. The molecular formula is C15H6ClF6N3. The van der Waals surface area contributed by atoms with Gasteiger partial charge < -0.3 is 0 Å². The molecule has 0 radical (unpaired) electrons. The Morgan fingerprint density at radius 1 is 0.920 bits per heavy atom. The maximum absolute atomic E-state index is 13.8. The smallest absolute Gasteiger partial charge is 0.206 e. The molecule has 0 spiro atoms. The van der Waals surface area contributed by atoms with E-state index in [0.717, 1.165) is 28.9 Å². The maximum Gasteiger partial charge on any atom is 0.419 e. The van der Waals surface area contributed by atoms with E-state index in [1.54, 1.807) is 0 Å². The number of hydrogen-bond acceptors (Lipinski definition) is 2. The first kappa shape index (κ1) is 17.3. The van der Waals surface area contributed by atoms with Crippen molar-refractivity contribution in [3.63, 3.8) is 0 Å². The molecule has 0 aliphatic rings. The van der Waals surface area contributed by atoms with Gasteiger partial charge in [-0.05, 0) is 41.9 Å². The topological polar surface area (TPSA) is 30.7 Å². The fourth-order valence-corrected chi connectivity index (χ4v) is 2.35. The van der Waals surface area contributed by atoms with Crippen molar-refractivity contribution in [1.82, 2.24) is 14.8 Å². The number of halogens is 7. The molecule has 0 fully saturated rings. The van der Waals surface area contributed by atoms with Crippen LogP contribution in [0.15, 0.2) is 36.4 Å². The van der Waals surface area contributed by atoms with Crippen molar-refractivity contribution in [2.75, 3.05) is 0 Å². The Morgan fingerprint density at radius 3 is 2.16 bits per heavy atom. The van der Waals surface area contributed by atoms with Crippen LogP contribution in [0.2, 0.25) is 5.28 Å². The molecular weight excluding hydrogens is 372 g/mol. The second-order valence-electron chi connectivity index (χ2n) is 4.87. The van der Waals surface area contributed by atoms with Gasteiger partial charge in [0.25, 0.3) is 0 Å². The molecule has 0 aliphatic heterocycles. The number of hydrogen-bond donors (Lipinski definition) is 0. The number of aromatic nitrogens is 3. The molecule has 0 bridgehead atoms. The van der Waals surface area contributed by atoms with E-state index in [9.17, 15) is 26.3 Å². The van der Waals surface area contributed by atoms with Crippen molar-refractivity contribution in [3.05, 3.63) is 64.7 Å². The lowest BCUT2D eigenvalue weighted by atomic mass is 10.2. The molecule has 0 saturated heterocycles. The van der Waals surface area contributed by atoms with E-state index in [4.69, 9.17) is 11.6 Å². The Morgan fingerprint density at radius 2 is 1.56 bits per heavy atom. The summed E-state index contributed by atoms with van der Waals surface area (Å²) < 4.78 is 80.1. The van der Waals surface area contributed by atoms with Crippen LogP contribution in [-0.2, 0) is 6.18 Å². The van der Waals surface area contributed by atoms with Crippen molar-refractivity contribution in [2.24, 2.45) is 0 Å². The second-order valence-corrected chi connectivity index (χ2v) is 5.21. The van der Waals surface area contributed by atoms with Crippen LogP contribution < -0.4 is 0 Å². The predicted molar refractivity (Wildman–Crippen MR) is 76.7 cm³/mol. The summed E-state index contributed by atoms with van der Waals surface area (Å²) in [5, 5.41) is 3.28. The van der Waals surface area contributed by atoms with E-state index in [1.165, 1.54) is 0 Å². The van der Waals surface area contributed by atoms with Crippen molar-refractivity contribution in [2.45, 2.75) is 6.18 Å². The summed E-state index contributed by atoms with van der Waals surface area (Å²) in [6.07, 6.45) is -4.94. The van der Waals surface area contributed by atoms with Crippen LogP contribution in [-0.4, -0.2) is 14.8 Å². The Bertz CT molecular complexity index is 931. The van der Waals surface area contributed by atoms with Gasteiger partial charge in [0, 0.05) is 0 Å². The predicted octanol–water partition coefficient (Wildman–Crippen LogP) is 5.02. The molecule has 1 aromatic heterocycles. The highest BCUT2D eigenvalue weighted by Gasteiger charge is 2.34. The van der Waals surface area contributed by atoms with Crippen LogP contribution in [0.1, 0.15) is 5.56 Å². The number of nitrogens with zero attached hydrogens (tertiary/aromatic N) is 3. The van der Waals surface area contributed by atoms with Gasteiger partial charge in [0.15, 0.2) is 5.82 Å². The Kier molecular flexibility index (Phi) is 4.19. The third-order valence-corrected chi connectivity index (χ3v) is 3.50. The average Bonchev–Trinajstić information content (AvgIpc) is 2.88. The molecule has 1 heterocycles. The summed E-state index contributed by atoms with van der Waals surface area (Å²) in [4.78, 5) is 3.66. The quantitative estimate of drug-likeness (QED) is 0.587. The second kappa shape index (κ2) is 6.07. The molecule has 25 heavy (non-hydrogen) atoms. The Balaban J connectivity index is 2.14. The third-order valence-electron chi connectivity index (χ3n) is 3.25. The highest BCUT2D eigenvalue weighted by molar-refractivity contribution is 6.28. The third kappa shape index (κ3) is 3.19. The van der Waals surface area contributed by atoms with Crippen LogP contribution in [0, 0.1) is 17.5 Å². The van der Waals surface area contributed by atoms with Crippen LogP contribution in [0.5, 0.6) is 0 Å². The summed E-state index contributed by atoms with van der Waals surface area (Å²) in [5.74, 6) is -3.88. The van der Waals surface area contributed by atoms with Crippen molar-refractivity contribution >= 4 is 11.6 Å². The van der Waals surface area contributed by atoms with Crippen molar-refractivity contribution < 1.29 is 26.3 Å². The number of rotatable bonds is 2. The van der Waals surface area contributed by atoms with Crippen LogP contribution in [0.25, 0.3) is 17.1 Å². The lowest BCUT2D eigenvalue weighted by molar-refractivity contribution is -0.140. The highest BCUT2D eigenvalue weighted by atomic mass is 35.5. The standard InChI is InChI=1S/C15H6ClF6N3/c16-14-23-13(12-10(18)2-1-3-11(12)19)24-25(14)7-4-5-9(17)8(6-7)15(20,21)22/h1-6H. The van der Waals surface area contributed by atoms with Crippen molar-refractivity contribution in [1.29, 1.82) is 0 Å². The van der Waals surface area contributed by atoms with E-state index in [2.05, 4.69) is 10.1 Å². The molecule has 0 amide bonds. The molecule has 3 nitrogen and oxygen atoms in total. The zero-order chi connectivity index (χ0) is 18.4. The fraction of sp³-hybridized carbons (Fsp3) is 0.0667. The molecule has 3 aromatic rings. The zero-order valence-corrected chi connectivity index (χ0v) is 12.7. The summed E-state index contributed by atoms with van der Waals surface area (Å²) in [5.41, 5.74) is -2.38. The number of benzene rings is 2. The summed E-state index contributed by atoms with van der Waals surface area (Å²) in [6.45, 7) is 0. The minimum absolute atomic E-state index is 0.269. The van der Waals surface area contributed by atoms with E-state index in [1.807, 2.05) is 0 Å². The fourth-order valence-electron chi connectivity index (χ4n) is 2.14. The molecule has 0 unspecified atom stereocenters. The minimum atomic E-state index is -4.94. The Labute approximate surface area is 141 Å². The van der Waals surface area contributed by atoms with E-state index < -0.39 is 45.9 Å². The summed E-state index contributed by atoms with van der Waals surface area (Å²) >= 11 is 5.81. The SMILES string of the molecule is Fc1ccc(-n2nc(-c3c(F)cccc3F)nc2Cl)cc1C(F)(F)F. The van der Waals surface area contributed by atoms with Gasteiger partial charge in [0.1, 0.15) is 17.5 Å². The maximum atomic E-state index is 13.8. The molecule has 0 aliphatic carbocycles. The average molecular weight is 378 g/mol. The Hall–Kier alpha value is -2.55. The molecule has 130 valence electrons. The van der Waals surface area contributed by atoms with Crippen LogP contribution >= 0.6 is 11.6 Å². The molecule has 0 N–H and O–H groups in total. The first-order valence-corrected chi connectivity index (χ1v) is 7.00. The van der Waals surface area contributed by atoms with Crippen molar-refractivity contribution in [3.8, 4) is 17.1 Å². The van der Waals surface area contributed by atoms with E-state index in [0.29, 0.717) is 12.1 Å². The van der Waals surface area contributed by atoms with Gasteiger partial charge in [-0.3, -0.25) is 0 Å². The molecule has 2 aromatic carbocycles. The van der Waals surface area contributed by atoms with Crippen LogP contribution in [0.3, 0.4) is 0 Å². The molecule has 0 atom stereocenters. The van der Waals surface area contributed by atoms with Gasteiger partial charge in [-0.25, -0.2) is 17.9 Å². The summed E-state index contributed by atoms with van der Waals surface area (Å²) in [7, 11) is 0. The first-order chi connectivity index (χ1) is 11.7. The largest absolute Gasteiger partial charge is 0.419 e. The highest BCUT2D eigenvalue weighted by Crippen LogP contribution is 2.33. The number of alkyl halides is 3. The zero-order valence-electron chi connectivity index (χ0n) is 12.0. The minimum Gasteiger partial charge on any atom is -0.206 e.